The van der Waals surface area contributed by atoms with E-state index in [-0.39, 0.29) is 11.4 Å². The van der Waals surface area contributed by atoms with Crippen molar-refractivity contribution in [3.8, 4) is 0 Å². The molecule has 7 heteroatoms. The van der Waals surface area contributed by atoms with Crippen LogP contribution in [0.3, 0.4) is 0 Å². The van der Waals surface area contributed by atoms with E-state index in [2.05, 4.69) is 5.32 Å². The van der Waals surface area contributed by atoms with Crippen molar-refractivity contribution in [2.45, 2.75) is 6.54 Å². The molecule has 0 unspecified atom stereocenters. The van der Waals surface area contributed by atoms with E-state index >= 15 is 0 Å². The van der Waals surface area contributed by atoms with Crippen LogP contribution in [0.2, 0.25) is 0 Å². The molecule has 19 heavy (non-hydrogen) atoms. The number of nitrogen functional groups attached to an aromatic ring is 1. The van der Waals surface area contributed by atoms with E-state index in [1.165, 1.54) is 12.1 Å². The third-order valence-corrected chi connectivity index (χ3v) is 2.75. The zero-order valence-corrected chi connectivity index (χ0v) is 10.6. The number of anilines is 2. The van der Waals surface area contributed by atoms with Crippen molar-refractivity contribution in [2.24, 2.45) is 7.05 Å². The van der Waals surface area contributed by atoms with E-state index < -0.39 is 4.92 Å². The Balaban J connectivity index is 1.96. The summed E-state index contributed by atoms with van der Waals surface area (Å²) in [6.45, 7) is 1.45. The van der Waals surface area contributed by atoms with Crippen molar-refractivity contribution >= 4 is 17.1 Å². The fourth-order valence-electron chi connectivity index (χ4n) is 1.78. The van der Waals surface area contributed by atoms with Crippen molar-refractivity contribution in [3.05, 3.63) is 47.0 Å². The highest BCUT2D eigenvalue weighted by Crippen LogP contribution is 2.24. The molecule has 0 aliphatic rings. The third kappa shape index (κ3) is 3.21. The summed E-state index contributed by atoms with van der Waals surface area (Å²) in [7, 11) is 1.95. The van der Waals surface area contributed by atoms with Gasteiger partial charge in [0.15, 0.2) is 0 Å². The van der Waals surface area contributed by atoms with Gasteiger partial charge in [-0.1, -0.05) is 0 Å². The van der Waals surface area contributed by atoms with E-state index in [1.54, 1.807) is 6.07 Å². The molecule has 0 atom stereocenters. The lowest BCUT2D eigenvalue weighted by Gasteiger charge is -2.05. The second kappa shape index (κ2) is 5.38. The Labute approximate surface area is 110 Å². The van der Waals surface area contributed by atoms with E-state index in [1.807, 2.05) is 34.9 Å². The van der Waals surface area contributed by atoms with Gasteiger partial charge in [0.25, 0.3) is 5.69 Å². The maximum atomic E-state index is 10.8. The van der Waals surface area contributed by atoms with Crippen LogP contribution in [0, 0.1) is 10.1 Å². The molecule has 2 rings (SSSR count). The fourth-order valence-corrected chi connectivity index (χ4v) is 1.78. The zero-order chi connectivity index (χ0) is 13.8. The van der Waals surface area contributed by atoms with Crippen LogP contribution in [0.1, 0.15) is 0 Å². The van der Waals surface area contributed by atoms with Crippen LogP contribution >= 0.6 is 0 Å². The van der Waals surface area contributed by atoms with Gasteiger partial charge in [-0.25, -0.2) is 9.13 Å². The number of imidazole rings is 1. The number of hydrogen-bond donors (Lipinski definition) is 2. The number of hydrogen-bond acceptors (Lipinski definition) is 4. The van der Waals surface area contributed by atoms with Crippen molar-refractivity contribution in [3.63, 3.8) is 0 Å². The highest BCUT2D eigenvalue weighted by Gasteiger charge is 2.11. The van der Waals surface area contributed by atoms with Gasteiger partial charge in [0.1, 0.15) is 24.6 Å². The molecule has 0 fully saturated rings. The van der Waals surface area contributed by atoms with Crippen LogP contribution in [0.4, 0.5) is 17.1 Å². The highest BCUT2D eigenvalue weighted by atomic mass is 16.6. The van der Waals surface area contributed by atoms with Crippen LogP contribution < -0.4 is 15.6 Å². The Bertz CT molecular complexity index is 594. The average molecular weight is 262 g/mol. The number of nitro benzene ring substituents is 1. The molecule has 2 aromatic rings. The maximum absolute atomic E-state index is 10.8. The SMILES string of the molecule is Cn1cc[n+](CCNc2ccc(N)c([N+](=O)[O-])c2)c1. The molecule has 1 aromatic heterocycles. The quantitative estimate of drug-likeness (QED) is 0.363. The molecule has 0 aliphatic heterocycles. The predicted octanol–water partition coefficient (Wildman–Crippen LogP) is 0.915. The Morgan fingerprint density at radius 2 is 2.32 bits per heavy atom. The zero-order valence-electron chi connectivity index (χ0n) is 10.6. The van der Waals surface area contributed by atoms with Crippen LogP contribution in [0.5, 0.6) is 0 Å². The van der Waals surface area contributed by atoms with Gasteiger partial charge in [-0.15, -0.1) is 0 Å². The summed E-state index contributed by atoms with van der Waals surface area (Å²) in [4.78, 5) is 10.3. The first-order valence-electron chi connectivity index (χ1n) is 5.85. The summed E-state index contributed by atoms with van der Waals surface area (Å²) >= 11 is 0. The molecule has 0 amide bonds. The lowest BCUT2D eigenvalue weighted by atomic mass is 10.2. The monoisotopic (exact) mass is 262 g/mol. The molecule has 100 valence electrons. The van der Waals surface area contributed by atoms with Gasteiger partial charge in [0.05, 0.1) is 18.5 Å². The third-order valence-electron chi connectivity index (χ3n) is 2.75. The van der Waals surface area contributed by atoms with Gasteiger partial charge in [-0.3, -0.25) is 10.1 Å². The number of aryl methyl sites for hydroxylation is 1. The smallest absolute Gasteiger partial charge is 0.294 e. The van der Waals surface area contributed by atoms with E-state index in [0.717, 1.165) is 6.54 Å². The molecular weight excluding hydrogens is 246 g/mol. The van der Waals surface area contributed by atoms with Crippen LogP contribution in [0.25, 0.3) is 0 Å². The van der Waals surface area contributed by atoms with Gasteiger partial charge < -0.3 is 11.1 Å². The van der Waals surface area contributed by atoms with Crippen molar-refractivity contribution in [1.82, 2.24) is 4.57 Å². The molecule has 7 nitrogen and oxygen atoms in total. The number of nitro groups is 1. The Kier molecular flexibility index (Phi) is 3.65. The lowest BCUT2D eigenvalue weighted by Crippen LogP contribution is -2.34. The summed E-state index contributed by atoms with van der Waals surface area (Å²) in [5, 5.41) is 13.9. The van der Waals surface area contributed by atoms with Crippen molar-refractivity contribution < 1.29 is 9.49 Å². The Morgan fingerprint density at radius 1 is 1.53 bits per heavy atom. The summed E-state index contributed by atoms with van der Waals surface area (Å²) in [5.74, 6) is 0. The lowest BCUT2D eigenvalue weighted by molar-refractivity contribution is -0.693. The normalized spacial score (nSPS) is 10.4. The maximum Gasteiger partial charge on any atom is 0.294 e. The number of nitrogens with one attached hydrogen (secondary N) is 1. The Hall–Kier alpha value is -2.57. The second-order valence-electron chi connectivity index (χ2n) is 4.27. The number of rotatable bonds is 5. The predicted molar refractivity (Wildman–Crippen MR) is 71.6 cm³/mol. The largest absolute Gasteiger partial charge is 0.393 e. The molecule has 3 N–H and O–H groups in total. The fraction of sp³-hybridized carbons (Fsp3) is 0.250. The van der Waals surface area contributed by atoms with E-state index in [9.17, 15) is 10.1 Å². The number of aromatic nitrogens is 2. The van der Waals surface area contributed by atoms with Crippen LogP contribution in [-0.2, 0) is 13.6 Å². The van der Waals surface area contributed by atoms with E-state index in [0.29, 0.717) is 12.2 Å². The molecular formula is C12H16N5O2+. The minimum atomic E-state index is -0.480. The van der Waals surface area contributed by atoms with E-state index in [4.69, 9.17) is 5.73 Å². The van der Waals surface area contributed by atoms with Crippen LogP contribution in [0.15, 0.2) is 36.9 Å². The molecule has 0 bridgehead atoms. The standard InChI is InChI=1S/C12H16N5O2/c1-15-6-7-16(9-15)5-4-14-10-2-3-11(13)12(8-10)17(18)19/h2-3,6-9,14H,4-5,13H2,1H3/q+1. The molecule has 0 aliphatic carbocycles. The Morgan fingerprint density at radius 3 is 2.95 bits per heavy atom. The molecule has 0 radical (unpaired) electrons. The minimum absolute atomic E-state index is 0.0719. The molecule has 0 saturated carbocycles. The minimum Gasteiger partial charge on any atom is -0.393 e. The number of nitrogens with two attached hydrogens (primary N) is 1. The van der Waals surface area contributed by atoms with Gasteiger partial charge >= 0.3 is 0 Å². The topological polar surface area (TPSA) is 90.0 Å². The summed E-state index contributed by atoms with van der Waals surface area (Å²) in [6, 6.07) is 4.72. The summed E-state index contributed by atoms with van der Waals surface area (Å²) in [6.07, 6.45) is 5.88. The van der Waals surface area contributed by atoms with Crippen LogP contribution in [-0.4, -0.2) is 16.0 Å². The average Bonchev–Trinajstić information content (AvgIpc) is 2.77. The van der Waals surface area contributed by atoms with Gasteiger partial charge in [-0.05, 0) is 12.1 Å². The highest BCUT2D eigenvalue weighted by molar-refractivity contribution is 5.65. The molecule has 1 heterocycles. The number of benzene rings is 1. The van der Waals surface area contributed by atoms with Gasteiger partial charge in [-0.2, -0.15) is 0 Å². The van der Waals surface area contributed by atoms with Crippen molar-refractivity contribution in [2.75, 3.05) is 17.6 Å². The number of nitrogens with zero attached hydrogens (tertiary/aromatic N) is 3. The summed E-state index contributed by atoms with van der Waals surface area (Å²) in [5.41, 5.74) is 6.33. The summed E-state index contributed by atoms with van der Waals surface area (Å²) < 4.78 is 3.98. The molecule has 0 saturated heterocycles. The first-order valence-corrected chi connectivity index (χ1v) is 5.85. The first kappa shape index (κ1) is 12.9. The molecule has 0 spiro atoms. The van der Waals surface area contributed by atoms with Crippen molar-refractivity contribution in [1.29, 1.82) is 0 Å². The first-order chi connectivity index (χ1) is 9.06. The molecule has 1 aromatic carbocycles. The van der Waals surface area contributed by atoms with Gasteiger partial charge in [0.2, 0.25) is 6.33 Å². The second-order valence-corrected chi connectivity index (χ2v) is 4.27. The van der Waals surface area contributed by atoms with Gasteiger partial charge in [0, 0.05) is 11.8 Å².